The van der Waals surface area contributed by atoms with Crippen molar-refractivity contribution in [3.8, 4) is 0 Å². The zero-order chi connectivity index (χ0) is 13.0. The molecule has 102 valence electrons. The molecule has 0 amide bonds. The van der Waals surface area contributed by atoms with Crippen molar-refractivity contribution in [1.29, 1.82) is 0 Å². The van der Waals surface area contributed by atoms with E-state index in [-0.39, 0.29) is 6.04 Å². The maximum absolute atomic E-state index is 12.1. The number of nitrogens with one attached hydrogen (secondary N) is 2. The Kier molecular flexibility index (Phi) is 4.74. The van der Waals surface area contributed by atoms with Crippen LogP contribution in [0.15, 0.2) is 16.3 Å². The highest BCUT2D eigenvalue weighted by Crippen LogP contribution is 2.20. The third-order valence-corrected chi connectivity index (χ3v) is 5.36. The van der Waals surface area contributed by atoms with Crippen molar-refractivity contribution < 1.29 is 13.2 Å². The van der Waals surface area contributed by atoms with Gasteiger partial charge in [-0.05, 0) is 26.0 Å². The molecule has 1 aromatic heterocycles. The first-order valence-electron chi connectivity index (χ1n) is 5.94. The molecule has 1 atom stereocenters. The van der Waals surface area contributed by atoms with Crippen LogP contribution in [0.2, 0.25) is 0 Å². The Hall–Kier alpha value is -0.470. The van der Waals surface area contributed by atoms with Crippen molar-refractivity contribution in [3.63, 3.8) is 0 Å². The minimum absolute atomic E-state index is 0.101. The maximum Gasteiger partial charge on any atom is 0.241 e. The smallest absolute Gasteiger partial charge is 0.241 e. The Bertz CT molecular complexity index is 478. The van der Waals surface area contributed by atoms with Gasteiger partial charge in [-0.25, -0.2) is 13.1 Å². The molecule has 1 aliphatic rings. The quantitative estimate of drug-likeness (QED) is 0.846. The number of sulfonamides is 1. The Morgan fingerprint density at radius 2 is 2.39 bits per heavy atom. The van der Waals surface area contributed by atoms with Gasteiger partial charge in [0.05, 0.1) is 11.5 Å². The molecule has 2 N–H and O–H groups in total. The van der Waals surface area contributed by atoms with Crippen LogP contribution in [0.3, 0.4) is 0 Å². The van der Waals surface area contributed by atoms with Gasteiger partial charge in [-0.2, -0.15) is 0 Å². The summed E-state index contributed by atoms with van der Waals surface area (Å²) in [4.78, 5) is 1.36. The van der Waals surface area contributed by atoms with Crippen molar-refractivity contribution in [2.24, 2.45) is 0 Å². The van der Waals surface area contributed by atoms with E-state index >= 15 is 0 Å². The summed E-state index contributed by atoms with van der Waals surface area (Å²) < 4.78 is 32.2. The predicted molar refractivity (Wildman–Crippen MR) is 71.2 cm³/mol. The minimum Gasteiger partial charge on any atom is -0.380 e. The molecule has 0 saturated carbocycles. The molecule has 1 saturated heterocycles. The number of rotatable bonds is 5. The molecule has 5 nitrogen and oxygen atoms in total. The van der Waals surface area contributed by atoms with Crippen LogP contribution in [0.5, 0.6) is 0 Å². The van der Waals surface area contributed by atoms with E-state index in [0.29, 0.717) is 18.0 Å². The van der Waals surface area contributed by atoms with Crippen LogP contribution in [0.25, 0.3) is 0 Å². The highest BCUT2D eigenvalue weighted by molar-refractivity contribution is 7.89. The van der Waals surface area contributed by atoms with Crippen LogP contribution in [0.1, 0.15) is 17.7 Å². The zero-order valence-electron chi connectivity index (χ0n) is 10.3. The molecule has 1 fully saturated rings. The molecule has 1 unspecified atom stereocenters. The SMILES string of the molecule is CNCc1cc(S(=O)(=O)NC2CCCOC2)cs1. The lowest BCUT2D eigenvalue weighted by Gasteiger charge is -2.22. The molecule has 0 aromatic carbocycles. The van der Waals surface area contributed by atoms with Gasteiger partial charge < -0.3 is 10.1 Å². The highest BCUT2D eigenvalue weighted by atomic mass is 32.2. The second kappa shape index (κ2) is 6.12. The first-order chi connectivity index (χ1) is 8.62. The lowest BCUT2D eigenvalue weighted by atomic mass is 10.1. The third kappa shape index (κ3) is 3.52. The average Bonchev–Trinajstić information content (AvgIpc) is 2.80. The molecule has 0 radical (unpaired) electrons. The van der Waals surface area contributed by atoms with Gasteiger partial charge in [0.15, 0.2) is 0 Å². The molecule has 2 rings (SSSR count). The van der Waals surface area contributed by atoms with Crippen LogP contribution in [0.4, 0.5) is 0 Å². The fourth-order valence-corrected chi connectivity index (χ4v) is 4.43. The van der Waals surface area contributed by atoms with Gasteiger partial charge >= 0.3 is 0 Å². The van der Waals surface area contributed by atoms with E-state index in [4.69, 9.17) is 4.74 Å². The molecule has 1 aliphatic heterocycles. The van der Waals surface area contributed by atoms with Crippen molar-refractivity contribution >= 4 is 21.4 Å². The summed E-state index contributed by atoms with van der Waals surface area (Å²) in [6.45, 7) is 1.88. The number of ether oxygens (including phenoxy) is 1. The van der Waals surface area contributed by atoms with Gasteiger partial charge in [-0.3, -0.25) is 0 Å². The topological polar surface area (TPSA) is 67.4 Å². The van der Waals surface area contributed by atoms with Crippen molar-refractivity contribution in [2.75, 3.05) is 20.3 Å². The zero-order valence-corrected chi connectivity index (χ0v) is 11.9. The molecule has 2 heterocycles. The molecule has 0 spiro atoms. The van der Waals surface area contributed by atoms with E-state index in [9.17, 15) is 8.42 Å². The number of hydrogen-bond donors (Lipinski definition) is 2. The Morgan fingerprint density at radius 1 is 1.56 bits per heavy atom. The highest BCUT2D eigenvalue weighted by Gasteiger charge is 2.23. The summed E-state index contributed by atoms with van der Waals surface area (Å²) in [5, 5.41) is 4.68. The first-order valence-corrected chi connectivity index (χ1v) is 8.30. The van der Waals surface area contributed by atoms with Gasteiger partial charge in [0.2, 0.25) is 10.0 Å². The Balaban J connectivity index is 2.04. The maximum atomic E-state index is 12.1. The summed E-state index contributed by atoms with van der Waals surface area (Å²) in [7, 11) is -1.57. The van der Waals surface area contributed by atoms with Gasteiger partial charge in [0, 0.05) is 29.5 Å². The molecule has 18 heavy (non-hydrogen) atoms. The Labute approximate surface area is 112 Å². The molecule has 7 heteroatoms. The Morgan fingerprint density at radius 3 is 3.06 bits per heavy atom. The van der Waals surface area contributed by atoms with E-state index in [1.165, 1.54) is 11.3 Å². The molecule has 1 aromatic rings. The summed E-state index contributed by atoms with van der Waals surface area (Å²) in [6, 6.07) is 1.61. The van der Waals surface area contributed by atoms with E-state index in [2.05, 4.69) is 10.0 Å². The second-order valence-corrected chi connectivity index (χ2v) is 7.02. The van der Waals surface area contributed by atoms with Gasteiger partial charge in [-0.1, -0.05) is 0 Å². The van der Waals surface area contributed by atoms with Crippen LogP contribution < -0.4 is 10.0 Å². The van der Waals surface area contributed by atoms with Crippen LogP contribution in [0, 0.1) is 0 Å². The predicted octanol–water partition coefficient (Wildman–Crippen LogP) is 0.925. The monoisotopic (exact) mass is 290 g/mol. The number of thiophene rings is 1. The standard InChI is InChI=1S/C11H18N2O3S2/c1-12-6-10-5-11(8-17-10)18(14,15)13-9-3-2-4-16-7-9/h5,8-9,12-13H,2-4,6-7H2,1H3. The fraction of sp³-hybridized carbons (Fsp3) is 0.636. The lowest BCUT2D eigenvalue weighted by molar-refractivity contribution is 0.0774. The van der Waals surface area contributed by atoms with Crippen molar-refractivity contribution in [3.05, 3.63) is 16.3 Å². The molecular formula is C11H18N2O3S2. The van der Waals surface area contributed by atoms with E-state index < -0.39 is 10.0 Å². The largest absolute Gasteiger partial charge is 0.380 e. The van der Waals surface area contributed by atoms with E-state index in [1.54, 1.807) is 11.4 Å². The lowest BCUT2D eigenvalue weighted by Crippen LogP contribution is -2.40. The van der Waals surface area contributed by atoms with Crippen molar-refractivity contribution in [2.45, 2.75) is 30.3 Å². The summed E-state index contributed by atoms with van der Waals surface area (Å²) in [6.07, 6.45) is 1.74. The molecular weight excluding hydrogens is 272 g/mol. The fourth-order valence-electron chi connectivity index (χ4n) is 1.89. The molecule has 0 aliphatic carbocycles. The van der Waals surface area contributed by atoms with Crippen molar-refractivity contribution in [1.82, 2.24) is 10.0 Å². The van der Waals surface area contributed by atoms with Gasteiger partial charge in [-0.15, -0.1) is 11.3 Å². The van der Waals surface area contributed by atoms with Crippen LogP contribution in [-0.2, 0) is 21.3 Å². The van der Waals surface area contributed by atoms with Gasteiger partial charge in [0.1, 0.15) is 0 Å². The number of hydrogen-bond acceptors (Lipinski definition) is 5. The summed E-state index contributed by atoms with van der Waals surface area (Å²) in [5.74, 6) is 0. The van der Waals surface area contributed by atoms with Crippen LogP contribution >= 0.6 is 11.3 Å². The normalized spacial score (nSPS) is 21.1. The third-order valence-electron chi connectivity index (χ3n) is 2.77. The average molecular weight is 290 g/mol. The van der Waals surface area contributed by atoms with E-state index in [0.717, 1.165) is 24.3 Å². The first kappa shape index (κ1) is 14.0. The van der Waals surface area contributed by atoms with Gasteiger partial charge in [0.25, 0.3) is 0 Å². The van der Waals surface area contributed by atoms with E-state index in [1.807, 2.05) is 7.05 Å². The second-order valence-electron chi connectivity index (χ2n) is 4.31. The molecule has 0 bridgehead atoms. The summed E-state index contributed by atoms with van der Waals surface area (Å²) >= 11 is 1.45. The minimum atomic E-state index is -3.40. The summed E-state index contributed by atoms with van der Waals surface area (Å²) in [5.41, 5.74) is 0. The van der Waals surface area contributed by atoms with Crippen LogP contribution in [-0.4, -0.2) is 34.7 Å².